The molecule has 1 aromatic carbocycles. The predicted octanol–water partition coefficient (Wildman–Crippen LogP) is 4.12. The molecule has 0 saturated heterocycles. The first-order valence-electron chi connectivity index (χ1n) is 7.71. The SMILES string of the molecule is CC(C)c1ccnc2ccc3c(c12)CCN(C(C)C)C3. The molecule has 20 heavy (non-hydrogen) atoms. The minimum absolute atomic E-state index is 0.551. The summed E-state index contributed by atoms with van der Waals surface area (Å²) in [5.41, 5.74) is 5.64. The monoisotopic (exact) mass is 268 g/mol. The molecule has 0 unspecified atom stereocenters. The Morgan fingerprint density at radius 1 is 1.10 bits per heavy atom. The Bertz CT molecular complexity index is 629. The fraction of sp³-hybridized carbons (Fsp3) is 0.500. The maximum absolute atomic E-state index is 4.57. The molecule has 0 N–H and O–H groups in total. The first-order chi connectivity index (χ1) is 9.58. The van der Waals surface area contributed by atoms with E-state index < -0.39 is 0 Å². The Morgan fingerprint density at radius 2 is 1.90 bits per heavy atom. The van der Waals surface area contributed by atoms with E-state index in [0.29, 0.717) is 12.0 Å². The van der Waals surface area contributed by atoms with Gasteiger partial charge in [-0.2, -0.15) is 0 Å². The van der Waals surface area contributed by atoms with E-state index in [9.17, 15) is 0 Å². The summed E-state index contributed by atoms with van der Waals surface area (Å²) in [5, 5.41) is 1.42. The summed E-state index contributed by atoms with van der Waals surface area (Å²) in [7, 11) is 0. The normalized spacial score (nSPS) is 16.1. The maximum Gasteiger partial charge on any atom is 0.0707 e. The van der Waals surface area contributed by atoms with Crippen LogP contribution in [-0.2, 0) is 13.0 Å². The molecule has 0 fully saturated rings. The molecule has 1 aliphatic rings. The summed E-state index contributed by atoms with van der Waals surface area (Å²) in [6.45, 7) is 11.4. The molecule has 1 aliphatic heterocycles. The van der Waals surface area contributed by atoms with Crippen molar-refractivity contribution >= 4 is 10.9 Å². The number of nitrogens with zero attached hydrogens (tertiary/aromatic N) is 2. The van der Waals surface area contributed by atoms with Crippen LogP contribution in [0.5, 0.6) is 0 Å². The van der Waals surface area contributed by atoms with Gasteiger partial charge in [0.2, 0.25) is 0 Å². The first-order valence-corrected chi connectivity index (χ1v) is 7.71. The summed E-state index contributed by atoms with van der Waals surface area (Å²) < 4.78 is 0. The Labute approximate surface area is 121 Å². The van der Waals surface area contributed by atoms with E-state index in [1.807, 2.05) is 6.20 Å². The molecule has 2 heterocycles. The summed E-state index contributed by atoms with van der Waals surface area (Å²) >= 11 is 0. The van der Waals surface area contributed by atoms with Crippen LogP contribution < -0.4 is 0 Å². The van der Waals surface area contributed by atoms with E-state index in [2.05, 4.69) is 55.8 Å². The fourth-order valence-corrected chi connectivity index (χ4v) is 3.30. The van der Waals surface area contributed by atoms with Gasteiger partial charge in [-0.15, -0.1) is 0 Å². The van der Waals surface area contributed by atoms with Gasteiger partial charge in [0.05, 0.1) is 5.52 Å². The molecule has 2 aromatic rings. The molecule has 0 spiro atoms. The molecule has 0 radical (unpaired) electrons. The highest BCUT2D eigenvalue weighted by Gasteiger charge is 2.21. The average molecular weight is 268 g/mol. The lowest BCUT2D eigenvalue weighted by Crippen LogP contribution is -2.36. The van der Waals surface area contributed by atoms with Crippen LogP contribution in [0.15, 0.2) is 24.4 Å². The molecule has 0 atom stereocenters. The van der Waals surface area contributed by atoms with E-state index in [1.165, 1.54) is 22.1 Å². The van der Waals surface area contributed by atoms with E-state index in [-0.39, 0.29) is 0 Å². The van der Waals surface area contributed by atoms with Gasteiger partial charge in [0.1, 0.15) is 0 Å². The van der Waals surface area contributed by atoms with Crippen LogP contribution in [0.2, 0.25) is 0 Å². The second-order valence-corrected chi connectivity index (χ2v) is 6.47. The number of rotatable bonds is 2. The molecule has 2 nitrogen and oxygen atoms in total. The van der Waals surface area contributed by atoms with Crippen molar-refractivity contribution in [3.8, 4) is 0 Å². The van der Waals surface area contributed by atoms with Crippen molar-refractivity contribution < 1.29 is 0 Å². The van der Waals surface area contributed by atoms with Gasteiger partial charge < -0.3 is 0 Å². The van der Waals surface area contributed by atoms with Gasteiger partial charge in [0.25, 0.3) is 0 Å². The summed E-state index contributed by atoms with van der Waals surface area (Å²) in [5.74, 6) is 0.551. The van der Waals surface area contributed by atoms with Crippen LogP contribution in [0, 0.1) is 0 Å². The topological polar surface area (TPSA) is 16.1 Å². The van der Waals surface area contributed by atoms with Crippen LogP contribution in [-0.4, -0.2) is 22.5 Å². The summed E-state index contributed by atoms with van der Waals surface area (Å²) in [4.78, 5) is 7.13. The zero-order valence-corrected chi connectivity index (χ0v) is 13.0. The van der Waals surface area contributed by atoms with Crippen molar-refractivity contribution in [3.63, 3.8) is 0 Å². The largest absolute Gasteiger partial charge is 0.296 e. The Balaban J connectivity index is 2.16. The van der Waals surface area contributed by atoms with Gasteiger partial charge >= 0.3 is 0 Å². The van der Waals surface area contributed by atoms with E-state index in [0.717, 1.165) is 25.0 Å². The molecule has 0 bridgehead atoms. The van der Waals surface area contributed by atoms with E-state index >= 15 is 0 Å². The van der Waals surface area contributed by atoms with Crippen LogP contribution >= 0.6 is 0 Å². The molecule has 106 valence electrons. The number of pyridine rings is 1. The Kier molecular flexibility index (Phi) is 3.51. The van der Waals surface area contributed by atoms with Crippen molar-refractivity contribution in [2.45, 2.75) is 52.6 Å². The van der Waals surface area contributed by atoms with Crippen molar-refractivity contribution in [2.75, 3.05) is 6.54 Å². The van der Waals surface area contributed by atoms with Crippen LogP contribution in [0.1, 0.15) is 50.3 Å². The van der Waals surface area contributed by atoms with Crippen molar-refractivity contribution in [1.82, 2.24) is 9.88 Å². The standard InChI is InChI=1S/C18H24N2/c1-12(2)15-7-9-19-17-6-5-14-11-20(13(3)4)10-8-16(14)18(15)17/h5-7,9,12-13H,8,10-11H2,1-4H3. The second-order valence-electron chi connectivity index (χ2n) is 6.47. The van der Waals surface area contributed by atoms with Crippen LogP contribution in [0.3, 0.4) is 0 Å². The highest BCUT2D eigenvalue weighted by Crippen LogP contribution is 2.32. The number of hydrogen-bond donors (Lipinski definition) is 0. The van der Waals surface area contributed by atoms with Crippen molar-refractivity contribution in [3.05, 3.63) is 41.1 Å². The lowest BCUT2D eigenvalue weighted by Gasteiger charge is -2.33. The molecule has 1 aromatic heterocycles. The minimum Gasteiger partial charge on any atom is -0.296 e. The first kappa shape index (κ1) is 13.6. The molecule has 2 heteroatoms. The van der Waals surface area contributed by atoms with Crippen LogP contribution in [0.4, 0.5) is 0 Å². The number of benzene rings is 1. The second kappa shape index (κ2) is 5.17. The summed E-state index contributed by atoms with van der Waals surface area (Å²) in [6, 6.07) is 7.30. The molecular weight excluding hydrogens is 244 g/mol. The van der Waals surface area contributed by atoms with Crippen LogP contribution in [0.25, 0.3) is 10.9 Å². The lowest BCUT2D eigenvalue weighted by molar-refractivity contribution is 0.204. The van der Waals surface area contributed by atoms with E-state index in [1.54, 1.807) is 0 Å². The minimum atomic E-state index is 0.551. The third-order valence-corrected chi connectivity index (χ3v) is 4.52. The predicted molar refractivity (Wildman–Crippen MR) is 85.1 cm³/mol. The fourth-order valence-electron chi connectivity index (χ4n) is 3.30. The van der Waals surface area contributed by atoms with Crippen molar-refractivity contribution in [1.29, 1.82) is 0 Å². The number of aromatic nitrogens is 1. The average Bonchev–Trinajstić information content (AvgIpc) is 2.45. The third-order valence-electron chi connectivity index (χ3n) is 4.52. The van der Waals surface area contributed by atoms with Gasteiger partial charge in [-0.25, -0.2) is 0 Å². The highest BCUT2D eigenvalue weighted by atomic mass is 15.1. The lowest BCUT2D eigenvalue weighted by atomic mass is 9.89. The number of hydrogen-bond acceptors (Lipinski definition) is 2. The molecule has 0 amide bonds. The maximum atomic E-state index is 4.57. The Morgan fingerprint density at radius 3 is 2.60 bits per heavy atom. The Hall–Kier alpha value is -1.41. The zero-order chi connectivity index (χ0) is 14.3. The quantitative estimate of drug-likeness (QED) is 0.814. The van der Waals surface area contributed by atoms with Gasteiger partial charge in [-0.05, 0) is 55.0 Å². The number of fused-ring (bicyclic) bond motifs is 3. The summed E-state index contributed by atoms with van der Waals surface area (Å²) in [6.07, 6.45) is 3.10. The van der Waals surface area contributed by atoms with Gasteiger partial charge in [-0.3, -0.25) is 9.88 Å². The van der Waals surface area contributed by atoms with Gasteiger partial charge in [0, 0.05) is 30.7 Å². The third kappa shape index (κ3) is 2.22. The van der Waals surface area contributed by atoms with Gasteiger partial charge in [0.15, 0.2) is 0 Å². The molecule has 3 rings (SSSR count). The molecule has 0 saturated carbocycles. The van der Waals surface area contributed by atoms with Gasteiger partial charge in [-0.1, -0.05) is 19.9 Å². The smallest absolute Gasteiger partial charge is 0.0707 e. The molecule has 0 aliphatic carbocycles. The van der Waals surface area contributed by atoms with E-state index in [4.69, 9.17) is 0 Å². The van der Waals surface area contributed by atoms with Crippen molar-refractivity contribution in [2.24, 2.45) is 0 Å². The highest BCUT2D eigenvalue weighted by molar-refractivity contribution is 5.87. The molecular formula is C18H24N2. The zero-order valence-electron chi connectivity index (χ0n) is 13.0.